The Hall–Kier alpha value is -2.60. The van der Waals surface area contributed by atoms with Crippen LogP contribution in [0.1, 0.15) is 10.5 Å². The molecule has 0 amide bonds. The maximum Gasteiger partial charge on any atom is 0.356 e. The highest BCUT2D eigenvalue weighted by atomic mass is 35.5. The molecule has 27 heavy (non-hydrogen) atoms. The minimum absolute atomic E-state index is 0.0999. The van der Waals surface area contributed by atoms with Crippen molar-refractivity contribution >= 4 is 46.4 Å². The molecule has 0 fully saturated rings. The summed E-state index contributed by atoms with van der Waals surface area (Å²) in [6, 6.07) is 15.6. The molecule has 0 atom stereocenters. The zero-order valence-electron chi connectivity index (χ0n) is 13.5. The standard InChI is InChI=1S/C19H10Cl3N3O2/c20-12-4-1-10(2-5-12)15-8-17(11-3-6-13(21)14(22)7-11)25-18(23-15)9-16(24-25)19(26)27/h1-9H,(H,26,27). The summed E-state index contributed by atoms with van der Waals surface area (Å²) in [6.45, 7) is 0. The SMILES string of the molecule is O=C(O)c1cc2nc(-c3ccc(Cl)cc3)cc(-c3ccc(Cl)c(Cl)c3)n2n1. The summed E-state index contributed by atoms with van der Waals surface area (Å²) in [5.74, 6) is -1.13. The van der Waals surface area contributed by atoms with Crippen LogP contribution in [0.25, 0.3) is 28.2 Å². The lowest BCUT2D eigenvalue weighted by Gasteiger charge is -2.09. The third kappa shape index (κ3) is 3.37. The largest absolute Gasteiger partial charge is 0.476 e. The summed E-state index contributed by atoms with van der Waals surface area (Å²) >= 11 is 18.1. The van der Waals surface area contributed by atoms with Crippen LogP contribution in [-0.2, 0) is 0 Å². The number of carboxylic acid groups (broad SMARTS) is 1. The van der Waals surface area contributed by atoms with Crippen molar-refractivity contribution in [1.82, 2.24) is 14.6 Å². The number of nitrogens with zero attached hydrogens (tertiary/aromatic N) is 3. The Morgan fingerprint density at radius 3 is 2.26 bits per heavy atom. The number of fused-ring (bicyclic) bond motifs is 1. The summed E-state index contributed by atoms with van der Waals surface area (Å²) in [5.41, 5.74) is 3.15. The Morgan fingerprint density at radius 1 is 0.889 bits per heavy atom. The van der Waals surface area contributed by atoms with Crippen LogP contribution in [0.3, 0.4) is 0 Å². The quantitative estimate of drug-likeness (QED) is 0.462. The van der Waals surface area contributed by atoms with E-state index >= 15 is 0 Å². The molecule has 0 spiro atoms. The summed E-state index contributed by atoms with van der Waals surface area (Å²) in [4.78, 5) is 15.9. The van der Waals surface area contributed by atoms with Crippen LogP contribution in [0.2, 0.25) is 15.1 Å². The van der Waals surface area contributed by atoms with Crippen molar-refractivity contribution in [3.63, 3.8) is 0 Å². The predicted molar refractivity (Wildman–Crippen MR) is 106 cm³/mol. The van der Waals surface area contributed by atoms with Gasteiger partial charge in [-0.25, -0.2) is 14.3 Å². The van der Waals surface area contributed by atoms with E-state index in [-0.39, 0.29) is 5.69 Å². The second-order valence-corrected chi connectivity index (χ2v) is 7.02. The molecule has 8 heteroatoms. The zero-order valence-corrected chi connectivity index (χ0v) is 15.8. The van der Waals surface area contributed by atoms with Gasteiger partial charge >= 0.3 is 5.97 Å². The number of hydrogen-bond donors (Lipinski definition) is 1. The van der Waals surface area contributed by atoms with E-state index in [1.54, 1.807) is 30.3 Å². The third-order valence-electron chi connectivity index (χ3n) is 4.00. The van der Waals surface area contributed by atoms with Crippen LogP contribution >= 0.6 is 34.8 Å². The van der Waals surface area contributed by atoms with Gasteiger partial charge < -0.3 is 5.11 Å². The minimum Gasteiger partial charge on any atom is -0.476 e. The lowest BCUT2D eigenvalue weighted by Crippen LogP contribution is -2.01. The minimum atomic E-state index is -1.13. The van der Waals surface area contributed by atoms with Gasteiger partial charge in [-0.3, -0.25) is 0 Å². The maximum absolute atomic E-state index is 11.4. The van der Waals surface area contributed by atoms with Gasteiger partial charge in [-0.1, -0.05) is 53.0 Å². The molecule has 0 unspecified atom stereocenters. The summed E-state index contributed by atoms with van der Waals surface area (Å²) in [7, 11) is 0. The van der Waals surface area contributed by atoms with Crippen LogP contribution in [0.4, 0.5) is 0 Å². The average Bonchev–Trinajstić information content (AvgIpc) is 3.08. The van der Waals surface area contributed by atoms with E-state index in [9.17, 15) is 9.90 Å². The van der Waals surface area contributed by atoms with Crippen LogP contribution in [0.15, 0.2) is 54.6 Å². The summed E-state index contributed by atoms with van der Waals surface area (Å²) < 4.78 is 1.47. The monoisotopic (exact) mass is 417 g/mol. The van der Waals surface area contributed by atoms with Gasteiger partial charge in [0.2, 0.25) is 0 Å². The first kappa shape index (κ1) is 17.8. The first-order valence-corrected chi connectivity index (χ1v) is 8.91. The Balaban J connectivity index is 2.00. The lowest BCUT2D eigenvalue weighted by molar-refractivity contribution is 0.0690. The van der Waals surface area contributed by atoms with Crippen molar-refractivity contribution in [2.75, 3.05) is 0 Å². The zero-order chi connectivity index (χ0) is 19.1. The van der Waals surface area contributed by atoms with E-state index in [0.29, 0.717) is 32.1 Å². The molecule has 4 rings (SSSR count). The lowest BCUT2D eigenvalue weighted by atomic mass is 10.1. The molecule has 2 aromatic heterocycles. The number of aromatic carboxylic acids is 1. The number of aromatic nitrogens is 3. The van der Waals surface area contributed by atoms with E-state index in [4.69, 9.17) is 34.8 Å². The van der Waals surface area contributed by atoms with Crippen molar-refractivity contribution in [3.8, 4) is 22.5 Å². The number of benzene rings is 2. The van der Waals surface area contributed by atoms with Gasteiger partial charge in [0.1, 0.15) is 0 Å². The fourth-order valence-electron chi connectivity index (χ4n) is 2.71. The van der Waals surface area contributed by atoms with Crippen molar-refractivity contribution in [2.24, 2.45) is 0 Å². The maximum atomic E-state index is 11.4. The Labute approximate surface area is 168 Å². The number of carboxylic acids is 1. The van der Waals surface area contributed by atoms with Gasteiger partial charge in [0.25, 0.3) is 0 Å². The number of halogens is 3. The molecule has 1 N–H and O–H groups in total. The molecule has 2 aromatic carbocycles. The predicted octanol–water partition coefficient (Wildman–Crippen LogP) is 5.72. The molecule has 0 aliphatic heterocycles. The highest BCUT2D eigenvalue weighted by Gasteiger charge is 2.16. The normalized spacial score (nSPS) is 11.1. The highest BCUT2D eigenvalue weighted by molar-refractivity contribution is 6.42. The van der Waals surface area contributed by atoms with E-state index in [1.807, 2.05) is 18.2 Å². The molecule has 0 saturated carbocycles. The summed E-state index contributed by atoms with van der Waals surface area (Å²) in [6.07, 6.45) is 0. The van der Waals surface area contributed by atoms with Crippen molar-refractivity contribution in [3.05, 3.63) is 75.4 Å². The fourth-order valence-corrected chi connectivity index (χ4v) is 3.13. The summed E-state index contributed by atoms with van der Waals surface area (Å²) in [5, 5.41) is 14.9. The topological polar surface area (TPSA) is 67.5 Å². The molecule has 0 radical (unpaired) electrons. The van der Waals surface area contributed by atoms with E-state index in [1.165, 1.54) is 10.6 Å². The van der Waals surface area contributed by atoms with Gasteiger partial charge in [0, 0.05) is 22.2 Å². The molecule has 0 aliphatic rings. The Morgan fingerprint density at radius 2 is 1.59 bits per heavy atom. The van der Waals surface area contributed by atoms with Crippen LogP contribution in [0.5, 0.6) is 0 Å². The highest BCUT2D eigenvalue weighted by Crippen LogP contribution is 2.31. The van der Waals surface area contributed by atoms with Crippen molar-refractivity contribution in [2.45, 2.75) is 0 Å². The van der Waals surface area contributed by atoms with Crippen molar-refractivity contribution in [1.29, 1.82) is 0 Å². The molecule has 0 saturated heterocycles. The molecule has 0 aliphatic carbocycles. The van der Waals surface area contributed by atoms with Crippen molar-refractivity contribution < 1.29 is 9.90 Å². The second-order valence-electron chi connectivity index (χ2n) is 5.77. The van der Waals surface area contributed by atoms with Gasteiger partial charge in [-0.05, 0) is 30.3 Å². The smallest absolute Gasteiger partial charge is 0.356 e. The van der Waals surface area contributed by atoms with Crippen LogP contribution in [0, 0.1) is 0 Å². The number of rotatable bonds is 3. The number of carbonyl (C=O) groups is 1. The molecular formula is C19H10Cl3N3O2. The van der Waals surface area contributed by atoms with E-state index in [2.05, 4.69) is 10.1 Å². The van der Waals surface area contributed by atoms with Gasteiger partial charge in [0.15, 0.2) is 11.3 Å². The first-order valence-electron chi connectivity index (χ1n) is 7.78. The molecule has 5 nitrogen and oxygen atoms in total. The van der Waals surface area contributed by atoms with Crippen LogP contribution in [-0.4, -0.2) is 25.7 Å². The molecular weight excluding hydrogens is 409 g/mol. The van der Waals surface area contributed by atoms with Gasteiger partial charge in [-0.2, -0.15) is 5.10 Å². The van der Waals surface area contributed by atoms with Gasteiger partial charge in [0.05, 0.1) is 21.4 Å². The Bertz CT molecular complexity index is 1190. The molecule has 2 heterocycles. The van der Waals surface area contributed by atoms with Crippen LogP contribution < -0.4 is 0 Å². The van der Waals surface area contributed by atoms with Gasteiger partial charge in [-0.15, -0.1) is 0 Å². The number of hydrogen-bond acceptors (Lipinski definition) is 3. The molecule has 0 bridgehead atoms. The molecule has 134 valence electrons. The fraction of sp³-hybridized carbons (Fsp3) is 0. The first-order chi connectivity index (χ1) is 12.9. The second kappa shape index (κ2) is 6.85. The van der Waals surface area contributed by atoms with E-state index in [0.717, 1.165) is 11.1 Å². The average molecular weight is 419 g/mol. The Kier molecular flexibility index (Phi) is 4.52. The molecule has 4 aromatic rings. The third-order valence-corrected chi connectivity index (χ3v) is 4.99. The van der Waals surface area contributed by atoms with E-state index < -0.39 is 5.97 Å².